The topological polar surface area (TPSA) is 93.5 Å². The number of hydrogen-bond donors (Lipinski definition) is 2. The molecule has 7 heteroatoms. The third kappa shape index (κ3) is 3.64. The molecular formula is C24H17N3O4. The van der Waals surface area contributed by atoms with Crippen molar-refractivity contribution < 1.29 is 18.8 Å². The second-order valence-corrected chi connectivity index (χ2v) is 7.16. The molecule has 2 heterocycles. The van der Waals surface area contributed by atoms with Crippen molar-refractivity contribution in [3.8, 4) is 22.8 Å². The van der Waals surface area contributed by atoms with Crippen LogP contribution in [0.15, 0.2) is 77.3 Å². The zero-order valence-corrected chi connectivity index (χ0v) is 16.5. The normalized spacial score (nSPS) is 12.1. The fourth-order valence-electron chi connectivity index (χ4n) is 3.33. The first kappa shape index (κ1) is 18.6. The Balaban J connectivity index is 1.38. The minimum Gasteiger partial charge on any atom is -0.454 e. The summed E-state index contributed by atoms with van der Waals surface area (Å²) in [5.74, 6) is 0.702. The first-order valence-corrected chi connectivity index (χ1v) is 9.64. The number of hydrogen-bond acceptors (Lipinski definition) is 5. The van der Waals surface area contributed by atoms with Gasteiger partial charge < -0.3 is 19.9 Å². The van der Waals surface area contributed by atoms with Gasteiger partial charge in [-0.05, 0) is 42.8 Å². The van der Waals surface area contributed by atoms with Crippen LogP contribution < -0.4 is 15.4 Å². The van der Waals surface area contributed by atoms with Crippen molar-refractivity contribution in [2.45, 2.75) is 6.92 Å². The Morgan fingerprint density at radius 1 is 0.968 bits per heavy atom. The quantitative estimate of drug-likeness (QED) is 0.480. The van der Waals surface area contributed by atoms with E-state index in [9.17, 15) is 9.59 Å². The lowest BCUT2D eigenvalue weighted by molar-refractivity contribution is 0.101. The molecule has 1 aromatic heterocycles. The minimum absolute atomic E-state index is 0.136. The van der Waals surface area contributed by atoms with Crippen molar-refractivity contribution in [1.29, 1.82) is 0 Å². The Morgan fingerprint density at radius 3 is 2.61 bits per heavy atom. The number of rotatable bonds is 3. The summed E-state index contributed by atoms with van der Waals surface area (Å²) in [5.41, 5.74) is 3.32. The Kier molecular flexibility index (Phi) is 4.48. The average Bonchev–Trinajstić information content (AvgIpc) is 3.23. The third-order valence-corrected chi connectivity index (χ3v) is 4.89. The van der Waals surface area contributed by atoms with Gasteiger partial charge in [-0.15, -0.1) is 0 Å². The minimum atomic E-state index is -0.445. The number of aromatic nitrogens is 1. The molecule has 4 aromatic rings. The molecule has 0 fully saturated rings. The summed E-state index contributed by atoms with van der Waals surface area (Å²) in [4.78, 5) is 25.3. The molecule has 31 heavy (non-hydrogen) atoms. The number of carbonyl (C=O) groups excluding carboxylic acids is 2. The predicted octanol–water partition coefficient (Wildman–Crippen LogP) is 5.26. The van der Waals surface area contributed by atoms with E-state index in [1.165, 1.54) is 0 Å². The molecule has 0 atom stereocenters. The van der Waals surface area contributed by atoms with Gasteiger partial charge in [-0.3, -0.25) is 9.59 Å². The molecular weight excluding hydrogens is 394 g/mol. The fraction of sp³-hybridized carbons (Fsp3) is 0.0417. The van der Waals surface area contributed by atoms with Crippen LogP contribution in [0.4, 0.5) is 11.4 Å². The largest absolute Gasteiger partial charge is 0.454 e. The summed E-state index contributed by atoms with van der Waals surface area (Å²) in [7, 11) is 0. The maximum atomic E-state index is 12.7. The second kappa shape index (κ2) is 7.46. The third-order valence-electron chi connectivity index (χ3n) is 4.89. The first-order chi connectivity index (χ1) is 15.1. The van der Waals surface area contributed by atoms with Gasteiger partial charge >= 0.3 is 0 Å². The standard InChI is InChI=1S/C24H17N3O4/c1-14-7-9-21-18(11-14)26-23(28)17-12-16(8-10-20(17)30-21)25-24(29)19-13-22(31-27-19)15-5-3-2-4-6-15/h2-13H,1H3,(H,25,29)(H,26,28). The summed E-state index contributed by atoms with van der Waals surface area (Å²) < 4.78 is 11.2. The molecule has 5 rings (SSSR count). The lowest BCUT2D eigenvalue weighted by atomic mass is 10.1. The van der Waals surface area contributed by atoms with Crippen LogP contribution in [0.5, 0.6) is 11.5 Å². The molecule has 0 bridgehead atoms. The van der Waals surface area contributed by atoms with Gasteiger partial charge in [0.15, 0.2) is 17.2 Å². The zero-order valence-electron chi connectivity index (χ0n) is 16.5. The Morgan fingerprint density at radius 2 is 1.77 bits per heavy atom. The number of anilines is 2. The van der Waals surface area contributed by atoms with Gasteiger partial charge in [0, 0.05) is 17.3 Å². The maximum absolute atomic E-state index is 12.7. The molecule has 1 aliphatic heterocycles. The predicted molar refractivity (Wildman–Crippen MR) is 116 cm³/mol. The van der Waals surface area contributed by atoms with E-state index < -0.39 is 5.91 Å². The molecule has 152 valence electrons. The molecule has 0 saturated heterocycles. The van der Waals surface area contributed by atoms with Crippen LogP contribution in [-0.4, -0.2) is 17.0 Å². The smallest absolute Gasteiger partial charge is 0.277 e. The zero-order chi connectivity index (χ0) is 21.4. The van der Waals surface area contributed by atoms with Gasteiger partial charge in [-0.1, -0.05) is 41.6 Å². The molecule has 2 N–H and O–H groups in total. The van der Waals surface area contributed by atoms with E-state index >= 15 is 0 Å². The molecule has 0 aliphatic carbocycles. The van der Waals surface area contributed by atoms with Crippen molar-refractivity contribution in [2.75, 3.05) is 10.6 Å². The highest BCUT2D eigenvalue weighted by molar-refractivity contribution is 6.09. The lowest BCUT2D eigenvalue weighted by Gasteiger charge is -2.09. The molecule has 0 spiro atoms. The first-order valence-electron chi connectivity index (χ1n) is 9.64. The van der Waals surface area contributed by atoms with Gasteiger partial charge in [-0.2, -0.15) is 0 Å². The number of amides is 2. The molecule has 2 amide bonds. The number of carbonyl (C=O) groups is 2. The molecule has 7 nitrogen and oxygen atoms in total. The summed E-state index contributed by atoms with van der Waals surface area (Å²) in [5, 5.41) is 9.45. The Hall–Kier alpha value is -4.39. The van der Waals surface area contributed by atoms with Crippen molar-refractivity contribution >= 4 is 23.2 Å². The number of nitrogens with zero attached hydrogens (tertiary/aromatic N) is 1. The fourth-order valence-corrected chi connectivity index (χ4v) is 3.33. The number of fused-ring (bicyclic) bond motifs is 2. The average molecular weight is 411 g/mol. The van der Waals surface area contributed by atoms with Gasteiger partial charge in [0.2, 0.25) is 0 Å². The molecule has 1 aliphatic rings. The summed E-state index contributed by atoms with van der Waals surface area (Å²) in [6.45, 7) is 1.94. The monoisotopic (exact) mass is 411 g/mol. The Bertz CT molecular complexity index is 1310. The molecule has 0 radical (unpaired) electrons. The van der Waals surface area contributed by atoms with Gasteiger partial charge in [-0.25, -0.2) is 0 Å². The van der Waals surface area contributed by atoms with Gasteiger partial charge in [0.1, 0.15) is 5.75 Å². The SMILES string of the molecule is Cc1ccc2c(c1)NC(=O)c1cc(NC(=O)c3cc(-c4ccccc4)on3)ccc1O2. The molecule has 3 aromatic carbocycles. The second-order valence-electron chi connectivity index (χ2n) is 7.16. The number of aryl methyl sites for hydroxylation is 1. The van der Waals surface area contributed by atoms with E-state index in [4.69, 9.17) is 9.26 Å². The number of ether oxygens (including phenoxy) is 1. The number of benzene rings is 3. The van der Waals surface area contributed by atoms with E-state index in [1.54, 1.807) is 24.3 Å². The Labute approximate surface area is 177 Å². The summed E-state index contributed by atoms with van der Waals surface area (Å²) in [6, 6.07) is 21.4. The van der Waals surface area contributed by atoms with Crippen molar-refractivity contribution in [3.05, 3.63) is 89.6 Å². The summed E-state index contributed by atoms with van der Waals surface area (Å²) >= 11 is 0. The van der Waals surface area contributed by atoms with Crippen molar-refractivity contribution in [1.82, 2.24) is 5.16 Å². The molecule has 0 unspecified atom stereocenters. The van der Waals surface area contributed by atoms with Crippen LogP contribution >= 0.6 is 0 Å². The highest BCUT2D eigenvalue weighted by atomic mass is 16.5. The summed E-state index contributed by atoms with van der Waals surface area (Å²) in [6.07, 6.45) is 0. The maximum Gasteiger partial charge on any atom is 0.277 e. The number of nitrogens with one attached hydrogen (secondary N) is 2. The molecule has 0 saturated carbocycles. The van der Waals surface area contributed by atoms with E-state index in [1.807, 2.05) is 55.5 Å². The van der Waals surface area contributed by atoms with E-state index in [2.05, 4.69) is 15.8 Å². The van der Waals surface area contributed by atoms with Crippen LogP contribution in [0, 0.1) is 6.92 Å². The van der Waals surface area contributed by atoms with Crippen LogP contribution in [0.3, 0.4) is 0 Å². The van der Waals surface area contributed by atoms with Crippen molar-refractivity contribution in [2.24, 2.45) is 0 Å². The van der Waals surface area contributed by atoms with Gasteiger partial charge in [0.05, 0.1) is 11.3 Å². The van der Waals surface area contributed by atoms with E-state index in [-0.39, 0.29) is 11.6 Å². The lowest BCUT2D eigenvalue weighted by Crippen LogP contribution is -2.14. The van der Waals surface area contributed by atoms with Crippen LogP contribution in [0.1, 0.15) is 26.4 Å². The van der Waals surface area contributed by atoms with Crippen LogP contribution in [0.2, 0.25) is 0 Å². The van der Waals surface area contributed by atoms with E-state index in [0.717, 1.165) is 11.1 Å². The van der Waals surface area contributed by atoms with E-state index in [0.29, 0.717) is 34.2 Å². The highest BCUT2D eigenvalue weighted by Gasteiger charge is 2.22. The van der Waals surface area contributed by atoms with Crippen molar-refractivity contribution in [3.63, 3.8) is 0 Å². The highest BCUT2D eigenvalue weighted by Crippen LogP contribution is 2.37. The van der Waals surface area contributed by atoms with Crippen LogP contribution in [0.25, 0.3) is 11.3 Å². The van der Waals surface area contributed by atoms with Gasteiger partial charge in [0.25, 0.3) is 11.8 Å². The van der Waals surface area contributed by atoms with Crippen LogP contribution in [-0.2, 0) is 0 Å².